The fourth-order valence-electron chi connectivity index (χ4n) is 9.72. The average molecular weight is 2030 g/mol. The van der Waals surface area contributed by atoms with Gasteiger partial charge in [0.15, 0.2) is 0 Å². The quantitative estimate of drug-likeness (QED) is 0.00631. The molecule has 5 aromatic carbocycles. The first kappa shape index (κ1) is 103. The van der Waals surface area contributed by atoms with Crippen molar-refractivity contribution in [3.05, 3.63) is 279 Å². The summed E-state index contributed by atoms with van der Waals surface area (Å²) < 4.78 is 24.5. The average Bonchev–Trinajstić information content (AvgIpc) is 1.70. The Balaban J connectivity index is 0.000000355. The van der Waals surface area contributed by atoms with E-state index in [9.17, 15) is 29.4 Å². The summed E-state index contributed by atoms with van der Waals surface area (Å²) in [5.41, 5.74) is 6.53. The molecule has 26 heteroatoms. The topological polar surface area (TPSA) is 303 Å². The van der Waals surface area contributed by atoms with Crippen LogP contribution >= 0.6 is 45.3 Å². The number of nitrogens with one attached hydrogen (secondary N) is 1. The van der Waals surface area contributed by atoms with Gasteiger partial charge in [0.1, 0.15) is 19.8 Å². The largest absolute Gasteiger partial charge is 0.460 e. The zero-order chi connectivity index (χ0) is 84.1. The number of hydrogen-bond donors (Lipinski definition) is 7. The third-order valence-electron chi connectivity index (χ3n) is 15.2. The van der Waals surface area contributed by atoms with E-state index >= 15 is 0 Å². The predicted octanol–water partition coefficient (Wildman–Crippen LogP) is 18.5. The van der Waals surface area contributed by atoms with Crippen LogP contribution in [0.5, 0.6) is 0 Å². The predicted molar refractivity (Wildman–Crippen MR) is 469 cm³/mol. The van der Waals surface area contributed by atoms with E-state index in [1.165, 1.54) is 59.3 Å². The molecule has 0 spiro atoms. The summed E-state index contributed by atoms with van der Waals surface area (Å²) >= 11 is 6.93. The van der Waals surface area contributed by atoms with Crippen LogP contribution in [0.15, 0.2) is 248 Å². The van der Waals surface area contributed by atoms with Gasteiger partial charge in [-0.2, -0.15) is 0 Å². The number of isocyanates is 1. The van der Waals surface area contributed by atoms with Crippen molar-refractivity contribution in [1.82, 2.24) is 25.3 Å². The van der Waals surface area contributed by atoms with Crippen LogP contribution in [-0.2, 0) is 86.6 Å². The number of hydrogen-bond acceptors (Lipinski definition) is 23. The number of carbonyl (C=O) groups is 3. The molecule has 1 aliphatic rings. The van der Waals surface area contributed by atoms with Gasteiger partial charge in [-0.15, -0.1) is 94.3 Å². The number of benzene rings is 5. The molecule has 4 atom stereocenters. The standard InChI is InChI=1S/C20H29NO6.4C13H8NS.C7H9NO3.C5H12O3.C4H8O.C2H6O.C2H6.2Ir/c1-14(2)19(24)26-11-10-21-20(25)27-13-17-6-4-16(5-7-17)8-9-18(23)12-15(3)22;4*1-2-7-12-10(5-1)9-13(15-12)11-6-3-4-8-14-11;1-6(2)7(10)11-4-3-8-5-9;1-4(7)2-5(8)3-6;1-2-4-5-3-1;1-2-3;1-2;;/h4-7,15,18,22-23H,1,8-13H2,2-3H3,(H,21,25);4*1-8H;1,3-4H2,2H3;4-8H,2-3H2,1H3;1-4H2;3H,2H2,1H3;1-2H3;;/q;4*-1;;;;;;;. The summed E-state index contributed by atoms with van der Waals surface area (Å²) in [6.45, 7) is 21.4. The number of ether oxygens (including phenoxy) is 4. The number of fused-ring (bicyclic) bond motifs is 4. The van der Waals surface area contributed by atoms with Crippen molar-refractivity contribution in [2.24, 2.45) is 4.99 Å². The molecule has 7 N–H and O–H groups in total. The van der Waals surface area contributed by atoms with Gasteiger partial charge in [0.05, 0.1) is 44.1 Å². The first-order valence-electron chi connectivity index (χ1n) is 37.8. The molecular formula is C92H102Ir2N6O14S4-4. The van der Waals surface area contributed by atoms with Crippen molar-refractivity contribution in [2.45, 2.75) is 118 Å². The summed E-state index contributed by atoms with van der Waals surface area (Å²) in [4.78, 5) is 67.8. The second-order valence-corrected chi connectivity index (χ2v) is 29.2. The third kappa shape index (κ3) is 40.9. The zero-order valence-electron chi connectivity index (χ0n) is 67.1. The Morgan fingerprint density at radius 2 is 0.839 bits per heavy atom. The van der Waals surface area contributed by atoms with Crippen molar-refractivity contribution in [3.63, 3.8) is 0 Å². The number of alkyl carbamates (subject to hydrolysis) is 1. The number of aliphatic imine (C=N–C) groups is 1. The molecular weight excluding hydrogens is 1930 g/mol. The molecule has 1 fully saturated rings. The van der Waals surface area contributed by atoms with Gasteiger partial charge >= 0.3 is 18.0 Å². The van der Waals surface area contributed by atoms with Crippen LogP contribution in [0, 0.1) is 24.3 Å². The molecule has 20 nitrogen and oxygen atoms in total. The van der Waals surface area contributed by atoms with Gasteiger partial charge in [0.2, 0.25) is 6.08 Å². The second kappa shape index (κ2) is 61.0. The number of aromatic nitrogens is 4. The minimum absolute atomic E-state index is 0. The zero-order valence-corrected chi connectivity index (χ0v) is 75.2. The van der Waals surface area contributed by atoms with Crippen LogP contribution in [0.1, 0.15) is 91.7 Å². The molecule has 13 aromatic rings. The van der Waals surface area contributed by atoms with E-state index in [4.69, 9.17) is 34.6 Å². The van der Waals surface area contributed by atoms with Gasteiger partial charge in [0, 0.05) is 125 Å². The van der Waals surface area contributed by atoms with Gasteiger partial charge in [0.25, 0.3) is 0 Å². The third-order valence-corrected chi connectivity index (χ3v) is 19.6. The molecule has 8 aromatic heterocycles. The number of pyridine rings is 4. The molecule has 118 heavy (non-hydrogen) atoms. The molecule has 1 amide bonds. The SMILES string of the molecule is C1CCOC1.C=C(C)C(=O)OCCN=C=O.C=C(C)C(=O)OCCNC(=O)OCc1ccc(CCC(O)CC(C)O)cc1.CC.CC(O)CC(O)CO.CCO.[Ir].[Ir].[c-]1c(-c2ccccn2)sc2ccccc12.[c-]1c(-c2ccccn2)sc2ccccc12.[c-]1c(-c2ccccn2)sc2ccccc12.[c-]1c(-c2ccccn2)sc2ccccc12. The molecule has 0 aliphatic carbocycles. The van der Waals surface area contributed by atoms with E-state index in [2.05, 4.69) is 145 Å². The van der Waals surface area contributed by atoms with E-state index in [-0.39, 0.29) is 92.8 Å². The Kier molecular flexibility index (Phi) is 53.2. The van der Waals surface area contributed by atoms with E-state index in [0.717, 1.165) is 66.6 Å². The number of aliphatic hydroxyl groups excluding tert-OH is 6. The van der Waals surface area contributed by atoms with Gasteiger partial charge < -0.3 is 74.8 Å². The minimum atomic E-state index is -0.769. The molecule has 2 radical (unpaired) electrons. The molecule has 1 aliphatic heterocycles. The molecule has 630 valence electrons. The van der Waals surface area contributed by atoms with Crippen LogP contribution in [-0.4, -0.2) is 152 Å². The summed E-state index contributed by atoms with van der Waals surface area (Å²) in [5.74, 6) is -0.963. The number of nitrogens with zero attached hydrogens (tertiary/aromatic N) is 5. The molecule has 9 heterocycles. The van der Waals surface area contributed by atoms with Gasteiger partial charge in [-0.05, 0) is 140 Å². The van der Waals surface area contributed by atoms with E-state index < -0.39 is 42.4 Å². The van der Waals surface area contributed by atoms with E-state index in [0.29, 0.717) is 30.4 Å². The Morgan fingerprint density at radius 1 is 0.508 bits per heavy atom. The summed E-state index contributed by atoms with van der Waals surface area (Å²) in [6.07, 6.45) is 10.1. The summed E-state index contributed by atoms with van der Waals surface area (Å²) in [7, 11) is 0. The van der Waals surface area contributed by atoms with E-state index in [1.54, 1.807) is 80.0 Å². The maximum atomic E-state index is 11.6. The van der Waals surface area contributed by atoms with Crippen LogP contribution < -0.4 is 5.32 Å². The molecule has 1 saturated heterocycles. The summed E-state index contributed by atoms with van der Waals surface area (Å²) in [6, 6.07) is 77.9. The van der Waals surface area contributed by atoms with Crippen LogP contribution in [0.3, 0.4) is 0 Å². The fraction of sp³-hybridized carbons (Fsp3) is 0.283. The Morgan fingerprint density at radius 3 is 1.13 bits per heavy atom. The molecule has 14 rings (SSSR count). The van der Waals surface area contributed by atoms with E-state index in [1.807, 2.05) is 160 Å². The van der Waals surface area contributed by atoms with Gasteiger partial charge in [-0.3, -0.25) is 0 Å². The minimum Gasteiger partial charge on any atom is -0.460 e. The maximum absolute atomic E-state index is 11.6. The molecule has 4 unspecified atom stereocenters. The van der Waals surface area contributed by atoms with Gasteiger partial charge in [-0.1, -0.05) is 148 Å². The van der Waals surface area contributed by atoms with Crippen LogP contribution in [0.2, 0.25) is 0 Å². The smallest absolute Gasteiger partial charge is 0.407 e. The van der Waals surface area contributed by atoms with Crippen molar-refractivity contribution < 1.29 is 109 Å². The van der Waals surface area contributed by atoms with Crippen molar-refractivity contribution >= 4 is 110 Å². The number of amides is 1. The number of aliphatic hydroxyl groups is 6. The maximum Gasteiger partial charge on any atom is 0.407 e. The number of aryl methyl sites for hydroxylation is 1. The Labute approximate surface area is 734 Å². The number of carbonyl (C=O) groups excluding carboxylic acids is 4. The number of esters is 2. The fourth-order valence-corrected chi connectivity index (χ4v) is 13.6. The second-order valence-electron chi connectivity index (χ2n) is 25.0. The number of thiophene rings is 4. The molecule has 0 bridgehead atoms. The Bertz CT molecular complexity index is 4390. The monoisotopic (exact) mass is 2030 g/mol. The molecule has 0 saturated carbocycles. The van der Waals surface area contributed by atoms with Crippen molar-refractivity contribution in [2.75, 3.05) is 52.7 Å². The first-order valence-corrected chi connectivity index (χ1v) is 41.0. The van der Waals surface area contributed by atoms with Crippen LogP contribution in [0.25, 0.3) is 82.6 Å². The van der Waals surface area contributed by atoms with Crippen molar-refractivity contribution in [3.8, 4) is 42.3 Å². The number of rotatable bonds is 22. The summed E-state index contributed by atoms with van der Waals surface area (Å²) in [5, 5.41) is 59.2. The van der Waals surface area contributed by atoms with Gasteiger partial charge in [-0.25, -0.2) is 69.5 Å². The van der Waals surface area contributed by atoms with Crippen LogP contribution in [0.4, 0.5) is 4.79 Å². The first-order chi connectivity index (χ1) is 56.3. The van der Waals surface area contributed by atoms with Crippen molar-refractivity contribution in [1.29, 1.82) is 0 Å². The Hall–Kier alpha value is -9.37. The normalized spacial score (nSPS) is 11.5.